The van der Waals surface area contributed by atoms with Crippen LogP contribution in [0.25, 0.3) is 11.7 Å². The van der Waals surface area contributed by atoms with Gasteiger partial charge in [-0.2, -0.15) is 19.6 Å². The number of para-hydroxylation sites is 1. The Hall–Kier alpha value is -4.15. The largest absolute Gasteiger partial charge is 0.371 e. The van der Waals surface area contributed by atoms with Crippen molar-refractivity contribution in [2.45, 2.75) is 38.3 Å². The Morgan fingerprint density at radius 2 is 1.94 bits per heavy atom. The van der Waals surface area contributed by atoms with Gasteiger partial charge in [0.25, 0.3) is 5.91 Å². The molecule has 3 aliphatic rings. The second-order valence-corrected chi connectivity index (χ2v) is 9.25. The van der Waals surface area contributed by atoms with Crippen LogP contribution in [0.3, 0.4) is 0 Å². The molecule has 1 aromatic carbocycles. The maximum Gasteiger partial charge on any atom is 0.326 e. The van der Waals surface area contributed by atoms with Gasteiger partial charge in [0.2, 0.25) is 11.9 Å². The topological polar surface area (TPSA) is 120 Å². The van der Waals surface area contributed by atoms with E-state index in [-0.39, 0.29) is 5.70 Å². The Labute approximate surface area is 202 Å². The molecular formula is C24H27N9O2. The van der Waals surface area contributed by atoms with Gasteiger partial charge in [-0.3, -0.25) is 10.1 Å². The predicted molar refractivity (Wildman–Crippen MR) is 132 cm³/mol. The van der Waals surface area contributed by atoms with E-state index in [0.29, 0.717) is 35.7 Å². The number of imide groups is 1. The summed E-state index contributed by atoms with van der Waals surface area (Å²) in [6.07, 6.45) is 7.83. The lowest BCUT2D eigenvalue weighted by molar-refractivity contribution is -0.115. The number of nitrogens with zero attached hydrogens (tertiary/aromatic N) is 6. The number of carbonyl (C=O) groups is 2. The van der Waals surface area contributed by atoms with Crippen LogP contribution in [0, 0.1) is 0 Å². The average molecular weight is 474 g/mol. The second kappa shape index (κ2) is 8.57. The van der Waals surface area contributed by atoms with Crippen LogP contribution in [-0.2, 0) is 11.3 Å². The third kappa shape index (κ3) is 4.25. The summed E-state index contributed by atoms with van der Waals surface area (Å²) in [4.78, 5) is 37.6. The number of hydrogen-bond donors (Lipinski definition) is 3. The molecule has 0 spiro atoms. The summed E-state index contributed by atoms with van der Waals surface area (Å²) in [5.74, 6) is 0.685. The molecule has 3 fully saturated rings. The molecule has 35 heavy (non-hydrogen) atoms. The molecule has 11 nitrogen and oxygen atoms in total. The third-order valence-corrected chi connectivity index (χ3v) is 6.50. The number of aromatic nitrogens is 4. The summed E-state index contributed by atoms with van der Waals surface area (Å²) in [6.45, 7) is 2.81. The Balaban J connectivity index is 1.36. The van der Waals surface area contributed by atoms with E-state index in [1.165, 1.54) is 24.1 Å². The van der Waals surface area contributed by atoms with E-state index < -0.39 is 11.9 Å². The van der Waals surface area contributed by atoms with E-state index in [1.54, 1.807) is 16.8 Å². The molecule has 2 saturated heterocycles. The summed E-state index contributed by atoms with van der Waals surface area (Å²) < 4.78 is 1.65. The molecule has 3 amide bonds. The van der Waals surface area contributed by atoms with E-state index in [9.17, 15) is 9.59 Å². The number of urea groups is 1. The lowest BCUT2D eigenvalue weighted by Gasteiger charge is -2.24. The average Bonchev–Trinajstić information content (AvgIpc) is 3.20. The van der Waals surface area contributed by atoms with Gasteiger partial charge in [-0.05, 0) is 43.4 Å². The van der Waals surface area contributed by atoms with Gasteiger partial charge < -0.3 is 20.4 Å². The minimum absolute atomic E-state index is 0.162. The van der Waals surface area contributed by atoms with Crippen LogP contribution < -0.4 is 25.8 Å². The van der Waals surface area contributed by atoms with Crippen LogP contribution >= 0.6 is 0 Å². The van der Waals surface area contributed by atoms with Gasteiger partial charge in [0.05, 0.1) is 6.20 Å². The summed E-state index contributed by atoms with van der Waals surface area (Å²) in [5, 5.41) is 12.6. The van der Waals surface area contributed by atoms with Crippen LogP contribution in [0.1, 0.15) is 36.8 Å². The van der Waals surface area contributed by atoms with E-state index >= 15 is 0 Å². The Morgan fingerprint density at radius 3 is 2.69 bits per heavy atom. The number of anilines is 3. The van der Waals surface area contributed by atoms with Crippen molar-refractivity contribution in [3.8, 4) is 0 Å². The van der Waals surface area contributed by atoms with Crippen molar-refractivity contribution in [2.75, 3.05) is 35.3 Å². The standard InChI is InChI=1S/C24H27N9O2/c1-31(14-15-6-2-3-7-19(15)32-10-4-5-11-32)22-28-20-16(12-18-21(34)29-24(35)27-18)13-25-33(20)23(30-22)26-17-8-9-17/h2-3,6-7,12-13,17H,4-5,8-11,14H2,1H3,(H,26,28,30)(H2,27,29,34,35)/b18-12-. The van der Waals surface area contributed by atoms with Gasteiger partial charge in [0, 0.05) is 44.0 Å². The van der Waals surface area contributed by atoms with Crippen LogP contribution in [-0.4, -0.2) is 57.7 Å². The first-order valence-electron chi connectivity index (χ1n) is 12.0. The van der Waals surface area contributed by atoms with Crippen molar-refractivity contribution < 1.29 is 9.59 Å². The number of rotatable bonds is 7. The first-order valence-corrected chi connectivity index (χ1v) is 12.0. The number of fused-ring (bicyclic) bond motifs is 1. The van der Waals surface area contributed by atoms with E-state index in [1.807, 2.05) is 11.9 Å². The van der Waals surface area contributed by atoms with Gasteiger partial charge in [-0.15, -0.1) is 0 Å². The fraction of sp³-hybridized carbons (Fsp3) is 0.375. The van der Waals surface area contributed by atoms with Crippen molar-refractivity contribution in [3.05, 3.63) is 47.3 Å². The van der Waals surface area contributed by atoms with Crippen LogP contribution in [0.4, 0.5) is 22.4 Å². The highest BCUT2D eigenvalue weighted by molar-refractivity contribution is 6.14. The van der Waals surface area contributed by atoms with E-state index in [2.05, 4.69) is 50.2 Å². The smallest absolute Gasteiger partial charge is 0.326 e. The molecule has 0 radical (unpaired) electrons. The number of nitrogens with one attached hydrogen (secondary N) is 3. The highest BCUT2D eigenvalue weighted by Crippen LogP contribution is 2.29. The van der Waals surface area contributed by atoms with Crippen LogP contribution in [0.2, 0.25) is 0 Å². The van der Waals surface area contributed by atoms with Crippen LogP contribution in [0.5, 0.6) is 0 Å². The molecule has 0 bridgehead atoms. The summed E-state index contributed by atoms with van der Waals surface area (Å²) in [7, 11) is 1.98. The fourth-order valence-electron chi connectivity index (χ4n) is 4.53. The molecule has 2 aromatic heterocycles. The van der Waals surface area contributed by atoms with Gasteiger partial charge in [-0.25, -0.2) is 4.79 Å². The Kier molecular flexibility index (Phi) is 5.24. The number of carbonyl (C=O) groups excluding carboxylic acids is 2. The zero-order valence-electron chi connectivity index (χ0n) is 19.5. The highest BCUT2D eigenvalue weighted by atomic mass is 16.2. The molecule has 3 N–H and O–H groups in total. The number of amides is 3. The SMILES string of the molecule is CN(Cc1ccccc1N1CCCC1)c1nc(NC2CC2)n2ncc(/C=C3\NC(=O)NC3=O)c2n1. The second-order valence-electron chi connectivity index (χ2n) is 9.25. The van der Waals surface area contributed by atoms with Crippen LogP contribution in [0.15, 0.2) is 36.2 Å². The van der Waals surface area contributed by atoms with Gasteiger partial charge in [-0.1, -0.05) is 18.2 Å². The van der Waals surface area contributed by atoms with E-state index in [0.717, 1.165) is 25.9 Å². The third-order valence-electron chi connectivity index (χ3n) is 6.50. The number of benzene rings is 1. The molecule has 0 unspecified atom stereocenters. The number of hydrogen-bond acceptors (Lipinski definition) is 8. The minimum atomic E-state index is -0.541. The maximum atomic E-state index is 12.0. The van der Waals surface area contributed by atoms with Gasteiger partial charge >= 0.3 is 6.03 Å². The molecule has 4 heterocycles. The normalized spacial score (nSPS) is 18.9. The Morgan fingerprint density at radius 1 is 1.14 bits per heavy atom. The molecule has 0 atom stereocenters. The first-order chi connectivity index (χ1) is 17.0. The Bertz CT molecular complexity index is 1340. The molecule has 1 saturated carbocycles. The maximum absolute atomic E-state index is 12.0. The summed E-state index contributed by atoms with van der Waals surface area (Å²) >= 11 is 0. The zero-order valence-corrected chi connectivity index (χ0v) is 19.5. The molecule has 1 aliphatic carbocycles. The lowest BCUT2D eigenvalue weighted by atomic mass is 10.1. The molecule has 3 aromatic rings. The quantitative estimate of drug-likeness (QED) is 0.353. The summed E-state index contributed by atoms with van der Waals surface area (Å²) in [6, 6.07) is 8.31. The van der Waals surface area contributed by atoms with Crippen molar-refractivity contribution in [3.63, 3.8) is 0 Å². The van der Waals surface area contributed by atoms with Crippen molar-refractivity contribution in [1.82, 2.24) is 30.2 Å². The fourth-order valence-corrected chi connectivity index (χ4v) is 4.53. The van der Waals surface area contributed by atoms with Gasteiger partial charge in [0.15, 0.2) is 5.65 Å². The highest BCUT2D eigenvalue weighted by Gasteiger charge is 2.26. The zero-order chi connectivity index (χ0) is 23.9. The molecule has 2 aliphatic heterocycles. The molecule has 180 valence electrons. The molecular weight excluding hydrogens is 446 g/mol. The first kappa shape index (κ1) is 21.4. The predicted octanol–water partition coefficient (Wildman–Crippen LogP) is 2.12. The lowest BCUT2D eigenvalue weighted by Crippen LogP contribution is -2.24. The van der Waals surface area contributed by atoms with Gasteiger partial charge in [0.1, 0.15) is 5.70 Å². The van der Waals surface area contributed by atoms with Crippen molar-refractivity contribution in [1.29, 1.82) is 0 Å². The summed E-state index contributed by atoms with van der Waals surface area (Å²) in [5.41, 5.74) is 3.81. The van der Waals surface area contributed by atoms with E-state index in [4.69, 9.17) is 9.97 Å². The monoisotopic (exact) mass is 473 g/mol. The van der Waals surface area contributed by atoms with Crippen molar-refractivity contribution in [2.24, 2.45) is 0 Å². The van der Waals surface area contributed by atoms with Crippen molar-refractivity contribution >= 4 is 41.2 Å². The minimum Gasteiger partial charge on any atom is -0.371 e. The molecule has 11 heteroatoms. The molecule has 6 rings (SSSR count).